The van der Waals surface area contributed by atoms with Crippen LogP contribution in [0.2, 0.25) is 0 Å². The average molecular weight is 392 g/mol. The maximum atomic E-state index is 12.4. The maximum Gasteiger partial charge on any atom is 0.244 e. The summed E-state index contributed by atoms with van der Waals surface area (Å²) in [6, 6.07) is -0.0408. The number of hydrogen-bond acceptors (Lipinski definition) is 6. The molecule has 156 valence electrons. The van der Waals surface area contributed by atoms with E-state index in [0.717, 1.165) is 45.3 Å². The number of rotatable bonds is 6. The first-order valence-electron chi connectivity index (χ1n) is 10.4. The standard InChI is InChI=1S/C20H33N5O3/c1-5-8-21-17(26)12-25-13-20(11-16(25)18-22-15(4)23-28-18)6-9-24(10-7-20)19(27)14(2)3/h14,16H,5-13H2,1-4H3,(H,21,26). The highest BCUT2D eigenvalue weighted by Gasteiger charge is 2.48. The number of nitrogens with zero attached hydrogens (tertiary/aromatic N) is 4. The molecule has 1 atom stereocenters. The lowest BCUT2D eigenvalue weighted by Crippen LogP contribution is -2.46. The molecule has 8 heteroatoms. The van der Waals surface area contributed by atoms with Crippen molar-refractivity contribution in [3.63, 3.8) is 0 Å². The van der Waals surface area contributed by atoms with Crippen molar-refractivity contribution in [2.45, 2.75) is 59.4 Å². The molecular weight excluding hydrogens is 358 g/mol. The second-order valence-corrected chi connectivity index (χ2v) is 8.63. The zero-order valence-electron chi connectivity index (χ0n) is 17.5. The Morgan fingerprint density at radius 2 is 2.04 bits per heavy atom. The summed E-state index contributed by atoms with van der Waals surface area (Å²) in [5.74, 6) is 1.51. The zero-order valence-corrected chi connectivity index (χ0v) is 17.5. The number of carbonyl (C=O) groups excluding carboxylic acids is 2. The Balaban J connectivity index is 1.71. The summed E-state index contributed by atoms with van der Waals surface area (Å²) < 4.78 is 5.47. The number of nitrogens with one attached hydrogen (secondary N) is 1. The van der Waals surface area contributed by atoms with Crippen molar-refractivity contribution in [2.24, 2.45) is 11.3 Å². The fraction of sp³-hybridized carbons (Fsp3) is 0.800. The van der Waals surface area contributed by atoms with Crippen LogP contribution in [0.3, 0.4) is 0 Å². The van der Waals surface area contributed by atoms with Gasteiger partial charge < -0.3 is 14.7 Å². The normalized spacial score (nSPS) is 22.2. The minimum atomic E-state index is -0.0408. The molecule has 1 spiro atoms. The highest BCUT2D eigenvalue weighted by atomic mass is 16.5. The van der Waals surface area contributed by atoms with Gasteiger partial charge in [0.1, 0.15) is 0 Å². The molecule has 8 nitrogen and oxygen atoms in total. The van der Waals surface area contributed by atoms with E-state index in [-0.39, 0.29) is 29.2 Å². The van der Waals surface area contributed by atoms with E-state index in [1.807, 2.05) is 32.6 Å². The Bertz CT molecular complexity index is 694. The van der Waals surface area contributed by atoms with Gasteiger partial charge in [-0.2, -0.15) is 4.98 Å². The van der Waals surface area contributed by atoms with E-state index < -0.39 is 0 Å². The third kappa shape index (κ3) is 4.54. The predicted molar refractivity (Wildman–Crippen MR) is 104 cm³/mol. The molecule has 2 aliphatic heterocycles. The first kappa shape index (κ1) is 20.8. The Kier molecular flexibility index (Phi) is 6.37. The summed E-state index contributed by atoms with van der Waals surface area (Å²) in [7, 11) is 0. The molecule has 1 aromatic heterocycles. The molecular formula is C20H33N5O3. The lowest BCUT2D eigenvalue weighted by molar-refractivity contribution is -0.136. The third-order valence-electron chi connectivity index (χ3n) is 5.98. The quantitative estimate of drug-likeness (QED) is 0.797. The highest BCUT2D eigenvalue weighted by molar-refractivity contribution is 5.78. The minimum absolute atomic E-state index is 0.0329. The second kappa shape index (κ2) is 8.59. The van der Waals surface area contributed by atoms with Gasteiger partial charge in [-0.25, -0.2) is 0 Å². The maximum absolute atomic E-state index is 12.4. The van der Waals surface area contributed by atoms with Crippen LogP contribution in [0.4, 0.5) is 0 Å². The van der Waals surface area contributed by atoms with Crippen LogP contribution < -0.4 is 5.32 Å². The van der Waals surface area contributed by atoms with E-state index in [0.29, 0.717) is 24.8 Å². The molecule has 0 radical (unpaired) electrons. The van der Waals surface area contributed by atoms with Crippen LogP contribution in [0.25, 0.3) is 0 Å². The van der Waals surface area contributed by atoms with Crippen LogP contribution in [0, 0.1) is 18.3 Å². The zero-order chi connectivity index (χ0) is 20.3. The van der Waals surface area contributed by atoms with Crippen molar-refractivity contribution in [3.8, 4) is 0 Å². The Labute approximate surface area is 167 Å². The van der Waals surface area contributed by atoms with Gasteiger partial charge in [0.15, 0.2) is 5.82 Å². The van der Waals surface area contributed by atoms with E-state index in [4.69, 9.17) is 4.52 Å². The smallest absolute Gasteiger partial charge is 0.244 e. The fourth-order valence-electron chi connectivity index (χ4n) is 4.44. The van der Waals surface area contributed by atoms with Crippen LogP contribution in [0.15, 0.2) is 4.52 Å². The topological polar surface area (TPSA) is 91.6 Å². The molecule has 1 unspecified atom stereocenters. The van der Waals surface area contributed by atoms with Gasteiger partial charge in [0.2, 0.25) is 17.7 Å². The molecule has 2 saturated heterocycles. The van der Waals surface area contributed by atoms with Gasteiger partial charge in [0, 0.05) is 32.1 Å². The fourth-order valence-corrected chi connectivity index (χ4v) is 4.44. The number of aryl methyl sites for hydroxylation is 1. The number of likely N-dealkylation sites (tertiary alicyclic amines) is 2. The van der Waals surface area contributed by atoms with E-state index >= 15 is 0 Å². The van der Waals surface area contributed by atoms with Crippen LogP contribution in [-0.4, -0.2) is 64.5 Å². The second-order valence-electron chi connectivity index (χ2n) is 8.63. The van der Waals surface area contributed by atoms with Gasteiger partial charge >= 0.3 is 0 Å². The van der Waals surface area contributed by atoms with Gasteiger partial charge in [-0.1, -0.05) is 25.9 Å². The monoisotopic (exact) mass is 391 g/mol. The Morgan fingerprint density at radius 1 is 1.32 bits per heavy atom. The van der Waals surface area contributed by atoms with Gasteiger partial charge in [0.25, 0.3) is 0 Å². The first-order valence-corrected chi connectivity index (χ1v) is 10.4. The van der Waals surface area contributed by atoms with Crippen LogP contribution in [-0.2, 0) is 9.59 Å². The first-order chi connectivity index (χ1) is 13.3. The van der Waals surface area contributed by atoms with Crippen LogP contribution in [0.1, 0.15) is 64.2 Å². The number of hydrogen-bond donors (Lipinski definition) is 1. The molecule has 1 aromatic rings. The van der Waals surface area contributed by atoms with Gasteiger partial charge in [-0.15, -0.1) is 0 Å². The molecule has 3 heterocycles. The predicted octanol–water partition coefficient (Wildman–Crippen LogP) is 1.92. The van der Waals surface area contributed by atoms with E-state index in [9.17, 15) is 9.59 Å². The lowest BCUT2D eigenvalue weighted by Gasteiger charge is -2.40. The van der Waals surface area contributed by atoms with E-state index in [1.165, 1.54) is 0 Å². The Hall–Kier alpha value is -1.96. The molecule has 0 aromatic carbocycles. The van der Waals surface area contributed by atoms with Gasteiger partial charge in [-0.3, -0.25) is 14.5 Å². The summed E-state index contributed by atoms with van der Waals surface area (Å²) >= 11 is 0. The number of amides is 2. The number of piperidine rings is 1. The summed E-state index contributed by atoms with van der Waals surface area (Å²) in [5, 5.41) is 6.91. The molecule has 28 heavy (non-hydrogen) atoms. The van der Waals surface area contributed by atoms with Gasteiger partial charge in [-0.05, 0) is 38.0 Å². The minimum Gasteiger partial charge on any atom is -0.355 e. The summed E-state index contributed by atoms with van der Waals surface area (Å²) in [5.41, 5.74) is 0.0891. The summed E-state index contributed by atoms with van der Waals surface area (Å²) in [6.45, 7) is 11.2. The molecule has 2 amide bonds. The lowest BCUT2D eigenvalue weighted by atomic mass is 9.76. The molecule has 3 rings (SSSR count). The molecule has 1 N–H and O–H groups in total. The molecule has 0 saturated carbocycles. The van der Waals surface area contributed by atoms with Crippen LogP contribution >= 0.6 is 0 Å². The van der Waals surface area contributed by atoms with Crippen molar-refractivity contribution < 1.29 is 14.1 Å². The van der Waals surface area contributed by atoms with Crippen molar-refractivity contribution in [1.29, 1.82) is 0 Å². The van der Waals surface area contributed by atoms with Crippen molar-refractivity contribution in [2.75, 3.05) is 32.7 Å². The molecule has 2 fully saturated rings. The average Bonchev–Trinajstić information content (AvgIpc) is 3.24. The molecule has 0 bridgehead atoms. The molecule has 0 aliphatic carbocycles. The van der Waals surface area contributed by atoms with Crippen molar-refractivity contribution in [3.05, 3.63) is 11.7 Å². The van der Waals surface area contributed by atoms with Crippen LogP contribution in [0.5, 0.6) is 0 Å². The van der Waals surface area contributed by atoms with E-state index in [1.54, 1.807) is 0 Å². The highest BCUT2D eigenvalue weighted by Crippen LogP contribution is 2.48. The molecule has 2 aliphatic rings. The SMILES string of the molecule is CCCNC(=O)CN1CC2(CCN(C(=O)C(C)C)CC2)CC1c1nc(C)no1. The number of aromatic nitrogens is 2. The van der Waals surface area contributed by atoms with Crippen molar-refractivity contribution >= 4 is 11.8 Å². The van der Waals surface area contributed by atoms with Gasteiger partial charge in [0.05, 0.1) is 12.6 Å². The summed E-state index contributed by atoms with van der Waals surface area (Å²) in [4.78, 5) is 33.3. The third-order valence-corrected chi connectivity index (χ3v) is 5.98. The van der Waals surface area contributed by atoms with E-state index in [2.05, 4.69) is 20.4 Å². The number of carbonyl (C=O) groups is 2. The van der Waals surface area contributed by atoms with Crippen molar-refractivity contribution in [1.82, 2.24) is 25.3 Å². The largest absolute Gasteiger partial charge is 0.355 e. The Morgan fingerprint density at radius 3 is 2.61 bits per heavy atom. The summed E-state index contributed by atoms with van der Waals surface area (Å²) in [6.07, 6.45) is 3.70.